The normalized spacial score (nSPS) is 19.1. The highest BCUT2D eigenvalue weighted by Gasteiger charge is 2.36. The van der Waals surface area contributed by atoms with Gasteiger partial charge in [-0.15, -0.1) is 0 Å². The standard InChI is InChI=1S/C13H15F3N2O/c14-13(15,16)7-9-5-6-18(8-12(17)19)11-4-2-1-3-10(9)11/h1-4,9H,5-8H2,(H2,17,19)/t9-/m1/s1. The Morgan fingerprint density at radius 3 is 2.68 bits per heavy atom. The molecule has 0 fully saturated rings. The molecule has 0 aromatic heterocycles. The number of nitrogens with two attached hydrogens (primary N) is 1. The predicted molar refractivity (Wildman–Crippen MR) is 65.9 cm³/mol. The number of hydrogen-bond acceptors (Lipinski definition) is 2. The molecule has 1 aliphatic rings. The van der Waals surface area contributed by atoms with Crippen LogP contribution in [0.4, 0.5) is 18.9 Å². The van der Waals surface area contributed by atoms with Crippen molar-refractivity contribution in [1.82, 2.24) is 0 Å². The third-order valence-corrected chi connectivity index (χ3v) is 3.29. The fourth-order valence-corrected chi connectivity index (χ4v) is 2.55. The second-order valence-corrected chi connectivity index (χ2v) is 4.75. The van der Waals surface area contributed by atoms with Gasteiger partial charge < -0.3 is 10.6 Å². The molecule has 2 N–H and O–H groups in total. The summed E-state index contributed by atoms with van der Waals surface area (Å²) in [6, 6.07) is 6.90. The Hall–Kier alpha value is -1.72. The number of hydrogen-bond donors (Lipinski definition) is 1. The first kappa shape index (κ1) is 13.7. The maximum atomic E-state index is 12.6. The van der Waals surface area contributed by atoms with Crippen LogP contribution in [0, 0.1) is 0 Å². The summed E-state index contributed by atoms with van der Waals surface area (Å²) < 4.78 is 37.7. The molecule has 1 aromatic rings. The van der Waals surface area contributed by atoms with E-state index in [0.717, 1.165) is 0 Å². The molecular formula is C13H15F3N2O. The second-order valence-electron chi connectivity index (χ2n) is 4.75. The van der Waals surface area contributed by atoms with Gasteiger partial charge in [-0.05, 0) is 24.0 Å². The number of carbonyl (C=O) groups is 1. The molecule has 0 radical (unpaired) electrons. The molecule has 1 atom stereocenters. The minimum Gasteiger partial charge on any atom is -0.368 e. The average molecular weight is 272 g/mol. The summed E-state index contributed by atoms with van der Waals surface area (Å²) in [7, 11) is 0. The highest BCUT2D eigenvalue weighted by Crippen LogP contribution is 2.41. The van der Waals surface area contributed by atoms with Gasteiger partial charge in [0.1, 0.15) is 0 Å². The van der Waals surface area contributed by atoms with Crippen LogP contribution < -0.4 is 10.6 Å². The summed E-state index contributed by atoms with van der Waals surface area (Å²) in [5.74, 6) is -1.02. The minimum atomic E-state index is -4.18. The van der Waals surface area contributed by atoms with E-state index in [1.807, 2.05) is 0 Å². The fraction of sp³-hybridized carbons (Fsp3) is 0.462. The molecular weight excluding hydrogens is 257 g/mol. The predicted octanol–water partition coefficient (Wildman–Crippen LogP) is 2.42. The summed E-state index contributed by atoms with van der Waals surface area (Å²) in [6.07, 6.45) is -4.62. The van der Waals surface area contributed by atoms with Crippen LogP contribution in [0.2, 0.25) is 0 Å². The van der Waals surface area contributed by atoms with E-state index in [2.05, 4.69) is 0 Å². The van der Waals surface area contributed by atoms with Gasteiger partial charge in [0.15, 0.2) is 0 Å². The first-order chi connectivity index (χ1) is 8.87. The quantitative estimate of drug-likeness (QED) is 0.918. The average Bonchev–Trinajstić information content (AvgIpc) is 2.30. The summed E-state index contributed by atoms with van der Waals surface area (Å²) >= 11 is 0. The number of nitrogens with zero attached hydrogens (tertiary/aromatic N) is 1. The number of amides is 1. The number of anilines is 1. The molecule has 0 aliphatic carbocycles. The third kappa shape index (κ3) is 3.39. The molecule has 19 heavy (non-hydrogen) atoms. The van der Waals surface area contributed by atoms with Crippen LogP contribution in [0.1, 0.15) is 24.3 Å². The zero-order valence-corrected chi connectivity index (χ0v) is 10.3. The topological polar surface area (TPSA) is 46.3 Å². The van der Waals surface area contributed by atoms with Gasteiger partial charge >= 0.3 is 6.18 Å². The van der Waals surface area contributed by atoms with Crippen molar-refractivity contribution in [3.05, 3.63) is 29.8 Å². The monoisotopic (exact) mass is 272 g/mol. The largest absolute Gasteiger partial charge is 0.389 e. The lowest BCUT2D eigenvalue weighted by Crippen LogP contribution is -2.38. The molecule has 0 spiro atoms. The van der Waals surface area contributed by atoms with Gasteiger partial charge in [0, 0.05) is 12.2 Å². The number of benzene rings is 1. The molecule has 0 unspecified atom stereocenters. The molecule has 1 aliphatic heterocycles. The number of carbonyl (C=O) groups excluding carboxylic acids is 1. The molecule has 6 heteroatoms. The molecule has 0 bridgehead atoms. The number of alkyl halides is 3. The Labute approximate surface area is 109 Å². The van der Waals surface area contributed by atoms with Crippen molar-refractivity contribution >= 4 is 11.6 Å². The van der Waals surface area contributed by atoms with Crippen molar-refractivity contribution in [1.29, 1.82) is 0 Å². The maximum absolute atomic E-state index is 12.6. The van der Waals surface area contributed by atoms with Crippen LogP contribution in [-0.4, -0.2) is 25.2 Å². The molecule has 0 saturated carbocycles. The highest BCUT2D eigenvalue weighted by atomic mass is 19.4. The molecule has 1 aromatic carbocycles. The van der Waals surface area contributed by atoms with Crippen molar-refractivity contribution in [3.8, 4) is 0 Å². The van der Waals surface area contributed by atoms with Crippen LogP contribution >= 0.6 is 0 Å². The smallest absolute Gasteiger partial charge is 0.368 e. The van der Waals surface area contributed by atoms with Gasteiger partial charge in [0.2, 0.25) is 5.91 Å². The molecule has 2 rings (SSSR count). The van der Waals surface area contributed by atoms with E-state index < -0.39 is 24.4 Å². The zero-order chi connectivity index (χ0) is 14.0. The number of primary amides is 1. The summed E-state index contributed by atoms with van der Waals surface area (Å²) in [5, 5.41) is 0. The van der Waals surface area contributed by atoms with E-state index in [9.17, 15) is 18.0 Å². The third-order valence-electron chi connectivity index (χ3n) is 3.29. The van der Waals surface area contributed by atoms with Gasteiger partial charge in [-0.3, -0.25) is 4.79 Å². The van der Waals surface area contributed by atoms with Gasteiger partial charge in [0.05, 0.1) is 13.0 Å². The van der Waals surface area contributed by atoms with Crippen molar-refractivity contribution in [3.63, 3.8) is 0 Å². The van der Waals surface area contributed by atoms with Crippen LogP contribution in [0.5, 0.6) is 0 Å². The Kier molecular flexibility index (Phi) is 3.68. The van der Waals surface area contributed by atoms with E-state index in [4.69, 9.17) is 5.73 Å². The van der Waals surface area contributed by atoms with Gasteiger partial charge in [-0.1, -0.05) is 18.2 Å². The van der Waals surface area contributed by atoms with E-state index in [-0.39, 0.29) is 6.54 Å². The Balaban J connectivity index is 2.26. The first-order valence-corrected chi connectivity index (χ1v) is 6.06. The second kappa shape index (κ2) is 5.11. The molecule has 3 nitrogen and oxygen atoms in total. The molecule has 0 saturated heterocycles. The van der Waals surface area contributed by atoms with Crippen LogP contribution in [0.15, 0.2) is 24.3 Å². The number of fused-ring (bicyclic) bond motifs is 1. The number of para-hydroxylation sites is 1. The van der Waals surface area contributed by atoms with Crippen LogP contribution in [-0.2, 0) is 4.79 Å². The lowest BCUT2D eigenvalue weighted by molar-refractivity contribution is -0.139. The zero-order valence-electron chi connectivity index (χ0n) is 10.3. The van der Waals surface area contributed by atoms with Crippen molar-refractivity contribution in [2.75, 3.05) is 18.0 Å². The van der Waals surface area contributed by atoms with Gasteiger partial charge in [-0.25, -0.2) is 0 Å². The van der Waals surface area contributed by atoms with Crippen LogP contribution in [0.25, 0.3) is 0 Å². The number of halogens is 3. The summed E-state index contributed by atoms with van der Waals surface area (Å²) in [6.45, 7) is 0.455. The number of rotatable bonds is 3. The molecule has 104 valence electrons. The Bertz CT molecular complexity index is 473. The minimum absolute atomic E-state index is 0.0375. The summed E-state index contributed by atoms with van der Waals surface area (Å²) in [4.78, 5) is 12.7. The van der Waals surface area contributed by atoms with Gasteiger partial charge in [-0.2, -0.15) is 13.2 Å². The van der Waals surface area contributed by atoms with Crippen molar-refractivity contribution in [2.24, 2.45) is 5.73 Å². The van der Waals surface area contributed by atoms with Crippen molar-refractivity contribution < 1.29 is 18.0 Å². The highest BCUT2D eigenvalue weighted by molar-refractivity contribution is 5.80. The lowest BCUT2D eigenvalue weighted by atomic mass is 9.87. The van der Waals surface area contributed by atoms with E-state index >= 15 is 0 Å². The van der Waals surface area contributed by atoms with E-state index in [1.165, 1.54) is 0 Å². The van der Waals surface area contributed by atoms with E-state index in [1.54, 1.807) is 29.2 Å². The molecule has 1 heterocycles. The Morgan fingerprint density at radius 2 is 2.05 bits per heavy atom. The summed E-state index contributed by atoms with van der Waals surface area (Å²) in [5.41, 5.74) is 6.48. The van der Waals surface area contributed by atoms with Crippen LogP contribution in [0.3, 0.4) is 0 Å². The maximum Gasteiger partial charge on any atom is 0.389 e. The molecule has 1 amide bonds. The van der Waals surface area contributed by atoms with E-state index in [0.29, 0.717) is 24.2 Å². The lowest BCUT2D eigenvalue weighted by Gasteiger charge is -2.35. The van der Waals surface area contributed by atoms with Gasteiger partial charge in [0.25, 0.3) is 0 Å². The fourth-order valence-electron chi connectivity index (χ4n) is 2.55. The first-order valence-electron chi connectivity index (χ1n) is 6.06. The Morgan fingerprint density at radius 1 is 1.37 bits per heavy atom. The van der Waals surface area contributed by atoms with Crippen molar-refractivity contribution in [2.45, 2.75) is 24.9 Å². The SMILES string of the molecule is NC(=O)CN1CC[C@H](CC(F)(F)F)c2ccccc21.